The Hall–Kier alpha value is -0.650. The summed E-state index contributed by atoms with van der Waals surface area (Å²) in [5.74, 6) is 0. The third-order valence-corrected chi connectivity index (χ3v) is 2.24. The van der Waals surface area contributed by atoms with Gasteiger partial charge in [-0.1, -0.05) is 12.1 Å². The van der Waals surface area contributed by atoms with Crippen molar-refractivity contribution in [1.29, 1.82) is 0 Å². The summed E-state index contributed by atoms with van der Waals surface area (Å²) in [6, 6.07) is 5.27. The zero-order chi connectivity index (χ0) is 8.43. The molecule has 0 radical (unpaired) electrons. The minimum Gasteiger partial charge on any atom is -0.258 e. The number of para-hydroxylation sites is 1. The largest absolute Gasteiger partial charge is 0.285 e. The van der Waals surface area contributed by atoms with Crippen LogP contribution < -0.4 is 0 Å². The summed E-state index contributed by atoms with van der Waals surface area (Å²) >= 11 is 1.96. The first-order valence-corrected chi connectivity index (χ1v) is 4.10. The first kappa shape index (κ1) is 8.45. The number of nitro benzene ring substituents is 1. The van der Waals surface area contributed by atoms with Crippen LogP contribution in [-0.4, -0.2) is 4.92 Å². The molecule has 11 heavy (non-hydrogen) atoms. The Balaban J connectivity index is 3.32. The monoisotopic (exact) mass is 263 g/mol. The van der Waals surface area contributed by atoms with Crippen molar-refractivity contribution in [3.05, 3.63) is 37.4 Å². The number of halogens is 1. The first-order chi connectivity index (χ1) is 5.13. The molecule has 0 bridgehead atoms. The molecule has 0 N–H and O–H groups in total. The van der Waals surface area contributed by atoms with Gasteiger partial charge in [-0.15, -0.1) is 0 Å². The van der Waals surface area contributed by atoms with Crippen molar-refractivity contribution < 1.29 is 4.92 Å². The van der Waals surface area contributed by atoms with Crippen molar-refractivity contribution in [2.75, 3.05) is 0 Å². The van der Waals surface area contributed by atoms with Gasteiger partial charge in [-0.25, -0.2) is 0 Å². The fraction of sp³-hybridized carbons (Fsp3) is 0.143. The van der Waals surface area contributed by atoms with E-state index in [0.29, 0.717) is 9.13 Å². The Kier molecular flexibility index (Phi) is 2.43. The first-order valence-electron chi connectivity index (χ1n) is 3.02. The van der Waals surface area contributed by atoms with Gasteiger partial charge in [0.25, 0.3) is 5.69 Å². The van der Waals surface area contributed by atoms with E-state index in [2.05, 4.69) is 0 Å². The van der Waals surface area contributed by atoms with Crippen LogP contribution in [0.1, 0.15) is 5.56 Å². The van der Waals surface area contributed by atoms with Crippen LogP contribution in [-0.2, 0) is 0 Å². The van der Waals surface area contributed by atoms with Crippen LogP contribution >= 0.6 is 22.6 Å². The van der Waals surface area contributed by atoms with Crippen LogP contribution in [0.2, 0.25) is 0 Å². The lowest BCUT2D eigenvalue weighted by Crippen LogP contribution is -1.93. The second-order valence-corrected chi connectivity index (χ2v) is 3.32. The fourth-order valence-corrected chi connectivity index (χ4v) is 1.68. The van der Waals surface area contributed by atoms with Crippen molar-refractivity contribution >= 4 is 28.3 Å². The second kappa shape index (κ2) is 3.17. The van der Waals surface area contributed by atoms with E-state index < -0.39 is 0 Å². The maximum Gasteiger partial charge on any atom is 0.285 e. The van der Waals surface area contributed by atoms with E-state index >= 15 is 0 Å². The van der Waals surface area contributed by atoms with Crippen LogP contribution in [0.15, 0.2) is 18.2 Å². The molecule has 58 valence electrons. The minimum absolute atomic E-state index is 0.216. The molecule has 0 fully saturated rings. The third-order valence-electron chi connectivity index (χ3n) is 1.37. The normalized spacial score (nSPS) is 9.64. The van der Waals surface area contributed by atoms with Gasteiger partial charge in [0.15, 0.2) is 0 Å². The topological polar surface area (TPSA) is 43.1 Å². The van der Waals surface area contributed by atoms with Gasteiger partial charge in [-0.05, 0) is 35.6 Å². The molecule has 0 aliphatic heterocycles. The highest BCUT2D eigenvalue weighted by Crippen LogP contribution is 2.23. The molecular formula is C7H6INO2. The Morgan fingerprint density at radius 2 is 2.18 bits per heavy atom. The molecule has 1 rings (SSSR count). The summed E-state index contributed by atoms with van der Waals surface area (Å²) in [6.45, 7) is 1.74. The van der Waals surface area contributed by atoms with Gasteiger partial charge < -0.3 is 0 Å². The lowest BCUT2D eigenvalue weighted by atomic mass is 10.2. The van der Waals surface area contributed by atoms with Crippen molar-refractivity contribution in [2.45, 2.75) is 6.92 Å². The Morgan fingerprint density at radius 1 is 1.55 bits per heavy atom. The predicted molar refractivity (Wildman–Crippen MR) is 50.6 cm³/mol. The lowest BCUT2D eigenvalue weighted by molar-refractivity contribution is -0.386. The summed E-state index contributed by atoms with van der Waals surface area (Å²) in [5.41, 5.74) is 0.926. The van der Waals surface area contributed by atoms with Gasteiger partial charge >= 0.3 is 0 Å². The molecule has 0 atom stereocenters. The average molecular weight is 263 g/mol. The molecule has 0 aliphatic rings. The highest BCUT2D eigenvalue weighted by molar-refractivity contribution is 14.1. The molecule has 1 aromatic carbocycles. The van der Waals surface area contributed by atoms with Crippen LogP contribution in [0.25, 0.3) is 0 Å². The van der Waals surface area contributed by atoms with E-state index in [-0.39, 0.29) is 10.6 Å². The summed E-state index contributed by atoms with van der Waals surface area (Å²) in [5, 5.41) is 10.4. The molecule has 0 heterocycles. The quantitative estimate of drug-likeness (QED) is 0.444. The van der Waals surface area contributed by atoms with Crippen LogP contribution in [0.4, 0.5) is 5.69 Å². The fourth-order valence-electron chi connectivity index (χ4n) is 0.854. The van der Waals surface area contributed by atoms with Gasteiger partial charge in [0.2, 0.25) is 0 Å². The molecule has 3 nitrogen and oxygen atoms in total. The Labute approximate surface area is 77.7 Å². The molecule has 0 aromatic heterocycles. The standard InChI is InChI=1S/C7H6INO2/c1-5-3-2-4-6(8)7(5)9(10)11/h2-4H,1H3. The van der Waals surface area contributed by atoms with Crippen molar-refractivity contribution in [2.24, 2.45) is 0 Å². The summed E-state index contributed by atoms with van der Waals surface area (Å²) in [7, 11) is 0. The highest BCUT2D eigenvalue weighted by atomic mass is 127. The molecule has 0 aliphatic carbocycles. The Bertz CT molecular complexity index is 278. The van der Waals surface area contributed by atoms with Crippen molar-refractivity contribution in [1.82, 2.24) is 0 Å². The number of nitrogens with zero attached hydrogens (tertiary/aromatic N) is 1. The van der Waals surface area contributed by atoms with Gasteiger partial charge in [-0.2, -0.15) is 0 Å². The zero-order valence-electron chi connectivity index (χ0n) is 5.87. The molecule has 0 amide bonds. The van der Waals surface area contributed by atoms with E-state index in [1.54, 1.807) is 19.1 Å². The maximum absolute atomic E-state index is 10.4. The van der Waals surface area contributed by atoms with Crippen molar-refractivity contribution in [3.63, 3.8) is 0 Å². The molecule has 0 saturated heterocycles. The number of rotatable bonds is 1. The number of hydrogen-bond acceptors (Lipinski definition) is 2. The number of hydrogen-bond donors (Lipinski definition) is 0. The molecule has 0 unspecified atom stereocenters. The van der Waals surface area contributed by atoms with E-state index in [0.717, 1.165) is 0 Å². The molecule has 0 saturated carbocycles. The predicted octanol–water partition coefficient (Wildman–Crippen LogP) is 2.51. The third kappa shape index (κ3) is 1.68. The van der Waals surface area contributed by atoms with E-state index in [1.165, 1.54) is 0 Å². The summed E-state index contributed by atoms with van der Waals surface area (Å²) in [4.78, 5) is 10.1. The summed E-state index contributed by atoms with van der Waals surface area (Å²) in [6.07, 6.45) is 0. The van der Waals surface area contributed by atoms with E-state index in [9.17, 15) is 10.1 Å². The van der Waals surface area contributed by atoms with Gasteiger partial charge in [0, 0.05) is 5.56 Å². The molecule has 1 aromatic rings. The smallest absolute Gasteiger partial charge is 0.258 e. The van der Waals surface area contributed by atoms with Gasteiger partial charge in [0.05, 0.1) is 8.49 Å². The molecule has 0 spiro atoms. The SMILES string of the molecule is Cc1cccc(I)c1[N+](=O)[O-]. The number of benzene rings is 1. The van der Waals surface area contributed by atoms with Gasteiger partial charge in [0.1, 0.15) is 0 Å². The number of nitro groups is 1. The summed E-state index contributed by atoms with van der Waals surface area (Å²) < 4.78 is 0.688. The maximum atomic E-state index is 10.4. The number of aryl methyl sites for hydroxylation is 1. The van der Waals surface area contributed by atoms with Crippen LogP contribution in [0.3, 0.4) is 0 Å². The van der Waals surface area contributed by atoms with Gasteiger partial charge in [-0.3, -0.25) is 10.1 Å². The molecule has 4 heteroatoms. The van der Waals surface area contributed by atoms with Crippen molar-refractivity contribution in [3.8, 4) is 0 Å². The highest BCUT2D eigenvalue weighted by Gasteiger charge is 2.13. The van der Waals surface area contributed by atoms with E-state index in [4.69, 9.17) is 0 Å². The minimum atomic E-state index is -0.350. The van der Waals surface area contributed by atoms with E-state index in [1.807, 2.05) is 28.7 Å². The zero-order valence-corrected chi connectivity index (χ0v) is 8.03. The van der Waals surface area contributed by atoms with Crippen LogP contribution in [0, 0.1) is 20.6 Å². The van der Waals surface area contributed by atoms with Crippen LogP contribution in [0.5, 0.6) is 0 Å². The molecular weight excluding hydrogens is 257 g/mol. The Morgan fingerprint density at radius 3 is 2.55 bits per heavy atom. The average Bonchev–Trinajstić information content (AvgIpc) is 1.85. The lowest BCUT2D eigenvalue weighted by Gasteiger charge is -1.97. The second-order valence-electron chi connectivity index (χ2n) is 2.16.